The molecule has 0 N–H and O–H groups in total. The predicted molar refractivity (Wildman–Crippen MR) is 82.3 cm³/mol. The lowest BCUT2D eigenvalue weighted by Gasteiger charge is -2.21. The van der Waals surface area contributed by atoms with E-state index in [-0.39, 0.29) is 9.63 Å². The normalized spacial score (nSPS) is 19.1. The van der Waals surface area contributed by atoms with Crippen LogP contribution in [-0.2, 0) is 17.1 Å². The smallest absolute Gasteiger partial charge is 0.263 e. The summed E-state index contributed by atoms with van der Waals surface area (Å²) in [7, 11) is -1.97. The molecule has 2 heterocycles. The minimum atomic E-state index is -3.56. The van der Waals surface area contributed by atoms with E-state index in [1.54, 1.807) is 7.05 Å². The van der Waals surface area contributed by atoms with Gasteiger partial charge in [0.25, 0.3) is 10.0 Å². The number of hydrogen-bond donors (Lipinski definition) is 0. The van der Waals surface area contributed by atoms with Crippen molar-refractivity contribution in [2.45, 2.75) is 11.4 Å². The number of nitrogens with zero attached hydrogens (tertiary/aromatic N) is 5. The zero-order chi connectivity index (χ0) is 14.8. The fraction of sp³-hybridized carbons (Fsp3) is 0.800. The van der Waals surface area contributed by atoms with Gasteiger partial charge in [-0.3, -0.25) is 0 Å². The van der Waals surface area contributed by atoms with E-state index in [1.165, 1.54) is 8.99 Å². The van der Waals surface area contributed by atoms with Crippen LogP contribution < -0.4 is 0 Å². The lowest BCUT2D eigenvalue weighted by atomic mass is 10.4. The van der Waals surface area contributed by atoms with Gasteiger partial charge in [-0.1, -0.05) is 21.1 Å². The van der Waals surface area contributed by atoms with Gasteiger partial charge in [0.1, 0.15) is 0 Å². The maximum atomic E-state index is 12.7. The number of alkyl halides is 1. The third-order valence-electron chi connectivity index (χ3n) is 3.27. The van der Waals surface area contributed by atoms with Crippen LogP contribution in [0.3, 0.4) is 0 Å². The molecule has 0 unspecified atom stereocenters. The van der Waals surface area contributed by atoms with Crippen molar-refractivity contribution in [1.29, 1.82) is 0 Å². The zero-order valence-corrected chi connectivity index (χ0v) is 15.2. The fourth-order valence-corrected chi connectivity index (χ4v) is 5.25. The Morgan fingerprint density at radius 1 is 1.25 bits per heavy atom. The molecule has 114 valence electrons. The van der Waals surface area contributed by atoms with Crippen LogP contribution in [-0.4, -0.2) is 70.7 Å². The number of aromatic nitrogens is 3. The summed E-state index contributed by atoms with van der Waals surface area (Å²) in [6.45, 7) is 3.62. The Labute approximate surface area is 135 Å². The predicted octanol–water partition coefficient (Wildman–Crippen LogP) is 0.669. The van der Waals surface area contributed by atoms with E-state index < -0.39 is 10.0 Å². The molecule has 0 aliphatic carbocycles. The Bertz CT molecular complexity index is 542. The Kier molecular flexibility index (Phi) is 5.57. The molecule has 1 aliphatic heterocycles. The highest BCUT2D eigenvalue weighted by molar-refractivity contribution is 9.10. The first-order chi connectivity index (χ1) is 9.46. The molecule has 1 aromatic heterocycles. The van der Waals surface area contributed by atoms with Gasteiger partial charge in [-0.2, -0.15) is 4.31 Å². The lowest BCUT2D eigenvalue weighted by molar-refractivity contribution is 0.304. The minimum Gasteiger partial charge on any atom is -0.301 e. The number of hydrogen-bond acceptors (Lipinski definition) is 5. The Hall–Kier alpha value is -0.0300. The SMILES string of the molecule is Cn1nnc(Br)c1S(=O)(=O)N1CCCN(CCBr)CC1. The monoisotopic (exact) mass is 429 g/mol. The van der Waals surface area contributed by atoms with Crippen LogP contribution in [0.4, 0.5) is 0 Å². The van der Waals surface area contributed by atoms with Crippen molar-refractivity contribution in [2.24, 2.45) is 7.05 Å². The van der Waals surface area contributed by atoms with E-state index >= 15 is 0 Å². The molecule has 2 rings (SSSR count). The molecule has 1 aromatic rings. The first-order valence-corrected chi connectivity index (χ1v) is 9.66. The zero-order valence-electron chi connectivity index (χ0n) is 11.2. The molecule has 20 heavy (non-hydrogen) atoms. The summed E-state index contributed by atoms with van der Waals surface area (Å²) in [6, 6.07) is 0. The van der Waals surface area contributed by atoms with Gasteiger partial charge in [0, 0.05) is 38.6 Å². The van der Waals surface area contributed by atoms with E-state index in [2.05, 4.69) is 47.1 Å². The van der Waals surface area contributed by atoms with Gasteiger partial charge in [-0.25, -0.2) is 13.1 Å². The van der Waals surface area contributed by atoms with Crippen LogP contribution in [0.15, 0.2) is 9.63 Å². The highest BCUT2D eigenvalue weighted by Gasteiger charge is 2.32. The molecular formula is C10H17Br2N5O2S. The van der Waals surface area contributed by atoms with Gasteiger partial charge in [-0.15, -0.1) is 5.10 Å². The van der Waals surface area contributed by atoms with Gasteiger partial charge >= 0.3 is 0 Å². The summed E-state index contributed by atoms with van der Waals surface area (Å²) in [5.74, 6) is 0. The van der Waals surface area contributed by atoms with E-state index in [4.69, 9.17) is 0 Å². The van der Waals surface area contributed by atoms with Gasteiger partial charge in [0.2, 0.25) is 5.03 Å². The fourth-order valence-electron chi connectivity index (χ4n) is 2.25. The maximum absolute atomic E-state index is 12.7. The summed E-state index contributed by atoms with van der Waals surface area (Å²) in [4.78, 5) is 2.26. The largest absolute Gasteiger partial charge is 0.301 e. The molecule has 0 saturated carbocycles. The summed E-state index contributed by atoms with van der Waals surface area (Å²) >= 11 is 6.57. The van der Waals surface area contributed by atoms with Crippen molar-refractivity contribution in [3.05, 3.63) is 4.60 Å². The summed E-state index contributed by atoms with van der Waals surface area (Å²) in [5.41, 5.74) is 0. The van der Waals surface area contributed by atoms with Crippen molar-refractivity contribution in [3.8, 4) is 0 Å². The molecule has 1 fully saturated rings. The van der Waals surface area contributed by atoms with Crippen LogP contribution in [0.2, 0.25) is 0 Å². The van der Waals surface area contributed by atoms with E-state index in [0.717, 1.165) is 31.4 Å². The molecule has 1 saturated heterocycles. The molecule has 0 atom stereocenters. The number of halogens is 2. The van der Waals surface area contributed by atoms with Crippen LogP contribution in [0.5, 0.6) is 0 Å². The average Bonchev–Trinajstić information content (AvgIpc) is 2.62. The molecule has 0 aromatic carbocycles. The van der Waals surface area contributed by atoms with Gasteiger partial charge < -0.3 is 4.90 Å². The standard InChI is InChI=1S/C10H17Br2N5O2S/c1-15-10(9(12)13-14-15)20(18,19)17-5-2-4-16(6-3-11)7-8-17/h2-8H2,1H3. The Balaban J connectivity index is 2.18. The molecule has 7 nitrogen and oxygen atoms in total. The third kappa shape index (κ3) is 3.41. The first-order valence-electron chi connectivity index (χ1n) is 6.30. The summed E-state index contributed by atoms with van der Waals surface area (Å²) in [6.07, 6.45) is 0.829. The van der Waals surface area contributed by atoms with E-state index in [1.807, 2.05) is 0 Å². The lowest BCUT2D eigenvalue weighted by Crippen LogP contribution is -2.36. The summed E-state index contributed by atoms with van der Waals surface area (Å²) < 4.78 is 28.4. The maximum Gasteiger partial charge on any atom is 0.263 e. The molecule has 10 heteroatoms. The Morgan fingerprint density at radius 3 is 2.60 bits per heavy atom. The van der Waals surface area contributed by atoms with Crippen molar-refractivity contribution in [3.63, 3.8) is 0 Å². The average molecular weight is 431 g/mol. The second-order valence-corrected chi connectivity index (χ2v) is 7.99. The first kappa shape index (κ1) is 16.3. The third-order valence-corrected chi connectivity index (χ3v) is 6.41. The quantitative estimate of drug-likeness (QED) is 0.656. The topological polar surface area (TPSA) is 71.3 Å². The number of rotatable bonds is 4. The van der Waals surface area contributed by atoms with Crippen molar-refractivity contribution < 1.29 is 8.42 Å². The highest BCUT2D eigenvalue weighted by Crippen LogP contribution is 2.23. The van der Waals surface area contributed by atoms with Gasteiger partial charge in [0.15, 0.2) is 4.60 Å². The Morgan fingerprint density at radius 2 is 2.00 bits per heavy atom. The molecule has 0 bridgehead atoms. The van der Waals surface area contributed by atoms with Crippen molar-refractivity contribution >= 4 is 41.9 Å². The second-order valence-electron chi connectivity index (χ2n) is 4.60. The number of sulfonamides is 1. The molecule has 0 radical (unpaired) electrons. The second kappa shape index (κ2) is 6.82. The van der Waals surface area contributed by atoms with Gasteiger partial charge in [0.05, 0.1) is 0 Å². The van der Waals surface area contributed by atoms with Crippen LogP contribution in [0.25, 0.3) is 0 Å². The van der Waals surface area contributed by atoms with E-state index in [0.29, 0.717) is 13.1 Å². The molecule has 1 aliphatic rings. The molecule has 0 amide bonds. The van der Waals surface area contributed by atoms with Crippen LogP contribution in [0.1, 0.15) is 6.42 Å². The molecular weight excluding hydrogens is 414 g/mol. The minimum absolute atomic E-state index is 0.117. The van der Waals surface area contributed by atoms with Gasteiger partial charge in [-0.05, 0) is 28.9 Å². The van der Waals surface area contributed by atoms with Crippen molar-refractivity contribution in [2.75, 3.05) is 38.1 Å². The number of aryl methyl sites for hydroxylation is 1. The molecule has 0 spiro atoms. The van der Waals surface area contributed by atoms with Crippen LogP contribution >= 0.6 is 31.9 Å². The van der Waals surface area contributed by atoms with Crippen LogP contribution in [0, 0.1) is 0 Å². The van der Waals surface area contributed by atoms with Crippen molar-refractivity contribution in [1.82, 2.24) is 24.2 Å². The van der Waals surface area contributed by atoms with E-state index in [9.17, 15) is 8.42 Å². The highest BCUT2D eigenvalue weighted by atomic mass is 79.9. The summed E-state index contributed by atoms with van der Waals surface area (Å²) in [5, 5.41) is 8.51.